The molecule has 0 aliphatic carbocycles. The van der Waals surface area contributed by atoms with E-state index in [0.29, 0.717) is 5.75 Å². The second kappa shape index (κ2) is 8.55. The van der Waals surface area contributed by atoms with Crippen molar-refractivity contribution in [3.8, 4) is 11.5 Å². The van der Waals surface area contributed by atoms with Crippen LogP contribution in [0.1, 0.15) is 42.4 Å². The fraction of sp³-hybridized carbons (Fsp3) is 0.545. The second-order valence-corrected chi connectivity index (χ2v) is 8.05. The highest BCUT2D eigenvalue weighted by Crippen LogP contribution is 2.31. The predicted molar refractivity (Wildman–Crippen MR) is 112 cm³/mol. The summed E-state index contributed by atoms with van der Waals surface area (Å²) in [5.74, 6) is 2.99. The van der Waals surface area contributed by atoms with Crippen molar-refractivity contribution in [2.24, 2.45) is 0 Å². The number of aromatic hydroxyl groups is 1. The number of anilines is 1. The quantitative estimate of drug-likeness (QED) is 0.830. The van der Waals surface area contributed by atoms with E-state index in [1.807, 2.05) is 12.1 Å². The van der Waals surface area contributed by atoms with Gasteiger partial charge in [0.25, 0.3) is 0 Å². The third-order valence-electron chi connectivity index (χ3n) is 5.62. The maximum atomic E-state index is 9.84. The van der Waals surface area contributed by atoms with E-state index in [-0.39, 0.29) is 11.7 Å². The molecule has 2 aliphatic rings. The third-order valence-corrected chi connectivity index (χ3v) is 5.62. The highest BCUT2D eigenvalue weighted by molar-refractivity contribution is 5.51. The summed E-state index contributed by atoms with van der Waals surface area (Å²) in [5.41, 5.74) is 3.55. The average molecular weight is 399 g/mol. The molecule has 7 heteroatoms. The van der Waals surface area contributed by atoms with Gasteiger partial charge in [-0.25, -0.2) is 9.97 Å². The number of rotatable bonds is 5. The van der Waals surface area contributed by atoms with Gasteiger partial charge in [-0.05, 0) is 24.1 Å². The fourth-order valence-corrected chi connectivity index (χ4v) is 3.99. The summed E-state index contributed by atoms with van der Waals surface area (Å²) in [6.45, 7) is 10.1. The minimum Gasteiger partial charge on any atom is -0.504 e. The summed E-state index contributed by atoms with van der Waals surface area (Å²) in [6.07, 6.45) is 0.940. The van der Waals surface area contributed by atoms with Crippen LogP contribution in [0.15, 0.2) is 18.2 Å². The number of phenolic OH excluding ortho intramolecular Hbond substituents is 1. The Kier molecular flexibility index (Phi) is 5.87. The van der Waals surface area contributed by atoms with Gasteiger partial charge in [-0.1, -0.05) is 19.9 Å². The topological polar surface area (TPSA) is 71.0 Å². The minimum absolute atomic E-state index is 0.171. The lowest BCUT2D eigenvalue weighted by Gasteiger charge is -2.34. The molecule has 7 nitrogen and oxygen atoms in total. The van der Waals surface area contributed by atoms with Gasteiger partial charge in [0.1, 0.15) is 11.6 Å². The van der Waals surface area contributed by atoms with Crippen molar-refractivity contribution in [3.05, 3.63) is 40.8 Å². The number of methoxy groups -OCH3 is 1. The van der Waals surface area contributed by atoms with Crippen LogP contribution in [-0.4, -0.2) is 59.9 Å². The number of hydrogen-bond donors (Lipinski definition) is 1. The molecule has 1 aromatic heterocycles. The standard InChI is InChI=1S/C22H30N4O3/c1-15(2)21-23-18-14-25(13-16-4-5-19(27)20(12-16)28-3)7-6-17(18)22(24-21)26-8-10-29-11-9-26/h4-5,12,15,27H,6-11,13-14H2,1-3H3. The van der Waals surface area contributed by atoms with Crippen molar-refractivity contribution < 1.29 is 14.6 Å². The predicted octanol–water partition coefficient (Wildman–Crippen LogP) is 2.71. The Bertz CT molecular complexity index is 865. The van der Waals surface area contributed by atoms with Crippen LogP contribution in [-0.2, 0) is 24.2 Å². The van der Waals surface area contributed by atoms with Crippen LogP contribution in [0.25, 0.3) is 0 Å². The first-order valence-corrected chi connectivity index (χ1v) is 10.4. The van der Waals surface area contributed by atoms with E-state index in [1.165, 1.54) is 5.56 Å². The van der Waals surface area contributed by atoms with Gasteiger partial charge in [0.2, 0.25) is 0 Å². The summed E-state index contributed by atoms with van der Waals surface area (Å²) in [5, 5.41) is 9.84. The number of aromatic nitrogens is 2. The zero-order valence-electron chi connectivity index (χ0n) is 17.5. The maximum absolute atomic E-state index is 9.84. The molecule has 0 saturated carbocycles. The summed E-state index contributed by atoms with van der Waals surface area (Å²) in [7, 11) is 1.58. The first kappa shape index (κ1) is 19.9. The lowest BCUT2D eigenvalue weighted by atomic mass is 10.0. The molecule has 29 heavy (non-hydrogen) atoms. The molecule has 0 bridgehead atoms. The zero-order valence-corrected chi connectivity index (χ0v) is 17.5. The summed E-state index contributed by atoms with van der Waals surface area (Å²) in [6, 6.07) is 5.55. The Balaban J connectivity index is 1.58. The highest BCUT2D eigenvalue weighted by atomic mass is 16.5. The Morgan fingerprint density at radius 1 is 1.17 bits per heavy atom. The maximum Gasteiger partial charge on any atom is 0.160 e. The lowest BCUT2D eigenvalue weighted by Crippen LogP contribution is -2.39. The van der Waals surface area contributed by atoms with Crippen molar-refractivity contribution in [3.63, 3.8) is 0 Å². The molecule has 1 saturated heterocycles. The molecule has 2 aromatic rings. The van der Waals surface area contributed by atoms with Crippen LogP contribution in [0.3, 0.4) is 0 Å². The zero-order chi connectivity index (χ0) is 20.4. The van der Waals surface area contributed by atoms with Crippen LogP contribution in [0.5, 0.6) is 11.5 Å². The SMILES string of the molecule is COc1cc(CN2CCc3c(nc(C(C)C)nc3N3CCOCC3)C2)ccc1O. The van der Waals surface area contributed by atoms with E-state index in [4.69, 9.17) is 19.4 Å². The molecule has 1 N–H and O–H groups in total. The Hall–Kier alpha value is -2.38. The Morgan fingerprint density at radius 3 is 2.69 bits per heavy atom. The van der Waals surface area contributed by atoms with E-state index in [0.717, 1.165) is 75.3 Å². The van der Waals surface area contributed by atoms with E-state index in [9.17, 15) is 5.11 Å². The molecule has 0 unspecified atom stereocenters. The molecule has 0 amide bonds. The van der Waals surface area contributed by atoms with Crippen LogP contribution in [0.4, 0.5) is 5.82 Å². The number of fused-ring (bicyclic) bond motifs is 1. The van der Waals surface area contributed by atoms with Gasteiger partial charge < -0.3 is 19.5 Å². The smallest absolute Gasteiger partial charge is 0.160 e. The molecule has 4 rings (SSSR count). The van der Waals surface area contributed by atoms with Crippen LogP contribution < -0.4 is 9.64 Å². The molecule has 1 aromatic carbocycles. The monoisotopic (exact) mass is 398 g/mol. The first-order chi connectivity index (χ1) is 14.0. The van der Waals surface area contributed by atoms with Crippen molar-refractivity contribution in [1.29, 1.82) is 0 Å². The van der Waals surface area contributed by atoms with Crippen molar-refractivity contribution in [2.75, 3.05) is 44.9 Å². The second-order valence-electron chi connectivity index (χ2n) is 8.05. The van der Waals surface area contributed by atoms with E-state index in [1.54, 1.807) is 13.2 Å². The van der Waals surface area contributed by atoms with Gasteiger partial charge in [-0.3, -0.25) is 4.90 Å². The largest absolute Gasteiger partial charge is 0.504 e. The normalized spacial score (nSPS) is 17.4. The van der Waals surface area contributed by atoms with Crippen LogP contribution in [0, 0.1) is 0 Å². The van der Waals surface area contributed by atoms with Crippen LogP contribution in [0.2, 0.25) is 0 Å². The molecule has 1 fully saturated rings. The molecule has 3 heterocycles. The highest BCUT2D eigenvalue weighted by Gasteiger charge is 2.26. The van der Waals surface area contributed by atoms with Gasteiger partial charge >= 0.3 is 0 Å². The van der Waals surface area contributed by atoms with Crippen molar-refractivity contribution >= 4 is 5.82 Å². The molecular weight excluding hydrogens is 368 g/mol. The van der Waals surface area contributed by atoms with E-state index < -0.39 is 0 Å². The molecule has 0 spiro atoms. The molecule has 0 radical (unpaired) electrons. The summed E-state index contributed by atoms with van der Waals surface area (Å²) < 4.78 is 10.8. The lowest BCUT2D eigenvalue weighted by molar-refractivity contribution is 0.122. The molecule has 2 aliphatic heterocycles. The number of benzene rings is 1. The van der Waals surface area contributed by atoms with Crippen molar-refractivity contribution in [2.45, 2.75) is 39.3 Å². The number of hydrogen-bond acceptors (Lipinski definition) is 7. The van der Waals surface area contributed by atoms with Crippen molar-refractivity contribution in [1.82, 2.24) is 14.9 Å². The number of phenols is 1. The van der Waals surface area contributed by atoms with Crippen LogP contribution >= 0.6 is 0 Å². The Morgan fingerprint density at radius 2 is 1.97 bits per heavy atom. The molecule has 156 valence electrons. The first-order valence-electron chi connectivity index (χ1n) is 10.4. The average Bonchev–Trinajstić information content (AvgIpc) is 2.74. The minimum atomic E-state index is 0.171. The fourth-order valence-electron chi connectivity index (χ4n) is 3.99. The Labute approximate surface area is 172 Å². The molecular formula is C22H30N4O3. The molecule has 0 atom stereocenters. The van der Waals surface area contributed by atoms with Gasteiger partial charge in [0.15, 0.2) is 11.5 Å². The number of nitrogens with zero attached hydrogens (tertiary/aromatic N) is 4. The van der Waals surface area contributed by atoms with E-state index >= 15 is 0 Å². The van der Waals surface area contributed by atoms with Gasteiger partial charge in [-0.2, -0.15) is 0 Å². The summed E-state index contributed by atoms with van der Waals surface area (Å²) in [4.78, 5) is 14.6. The number of morpholine rings is 1. The number of ether oxygens (including phenoxy) is 2. The van der Waals surface area contributed by atoms with Gasteiger partial charge in [0, 0.05) is 44.2 Å². The third kappa shape index (κ3) is 4.31. The summed E-state index contributed by atoms with van der Waals surface area (Å²) >= 11 is 0. The van der Waals surface area contributed by atoms with Gasteiger partial charge in [-0.15, -0.1) is 0 Å². The van der Waals surface area contributed by atoms with E-state index in [2.05, 4.69) is 23.6 Å². The van der Waals surface area contributed by atoms with Gasteiger partial charge in [0.05, 0.1) is 26.0 Å².